The van der Waals surface area contributed by atoms with Gasteiger partial charge in [-0.05, 0) is 78.9 Å². The maximum Gasteiger partial charge on any atom is 0.158 e. The quantitative estimate of drug-likeness (QED) is 0.201. The molecule has 3 aliphatic rings. The van der Waals surface area contributed by atoms with Gasteiger partial charge in [0, 0.05) is 0 Å². The zero-order chi connectivity index (χ0) is 26.6. The number of rotatable bonds is 0. The highest BCUT2D eigenvalue weighted by Gasteiger charge is 2.66. The van der Waals surface area contributed by atoms with Gasteiger partial charge in [-0.25, -0.2) is 0 Å². The first-order valence-electron chi connectivity index (χ1n) is 13.7. The summed E-state index contributed by atoms with van der Waals surface area (Å²) < 4.78 is 0. The van der Waals surface area contributed by atoms with E-state index in [0.29, 0.717) is 0 Å². The van der Waals surface area contributed by atoms with E-state index < -0.39 is 10.8 Å². The Kier molecular flexibility index (Phi) is 3.99. The molecule has 0 fully saturated rings. The first-order chi connectivity index (χ1) is 19.7. The molecule has 2 N–H and O–H groups in total. The molecule has 0 spiro atoms. The van der Waals surface area contributed by atoms with Crippen LogP contribution in [0.4, 0.5) is 0 Å². The Hall–Kier alpha value is -5.08. The highest BCUT2D eigenvalue weighted by molar-refractivity contribution is 5.98. The smallest absolute Gasteiger partial charge is 0.158 e. The summed E-state index contributed by atoms with van der Waals surface area (Å²) in [5.41, 5.74) is 12.7. The van der Waals surface area contributed by atoms with Crippen molar-refractivity contribution in [3.05, 3.63) is 167 Å². The lowest BCUT2D eigenvalue weighted by atomic mass is 9.38. The van der Waals surface area contributed by atoms with Crippen LogP contribution >= 0.6 is 0 Å². The van der Waals surface area contributed by atoms with Crippen molar-refractivity contribution in [2.75, 3.05) is 0 Å². The number of hydrogen-bond acceptors (Lipinski definition) is 2. The molecule has 6 aromatic rings. The molecule has 0 unspecified atom stereocenters. The highest BCUT2D eigenvalue weighted by Crippen LogP contribution is 2.73. The summed E-state index contributed by atoms with van der Waals surface area (Å²) >= 11 is 0. The van der Waals surface area contributed by atoms with Crippen LogP contribution < -0.4 is 0 Å². The maximum atomic E-state index is 11.1. The Morgan fingerprint density at radius 3 is 0.950 bits per heavy atom. The van der Waals surface area contributed by atoms with E-state index in [2.05, 4.69) is 121 Å². The third-order valence-corrected chi connectivity index (χ3v) is 9.61. The van der Waals surface area contributed by atoms with E-state index in [1.54, 1.807) is 6.07 Å². The van der Waals surface area contributed by atoms with Crippen molar-refractivity contribution in [2.24, 2.45) is 0 Å². The largest absolute Gasteiger partial charge is 0.504 e. The molecule has 3 aliphatic carbocycles. The van der Waals surface area contributed by atoms with Crippen LogP contribution in [-0.4, -0.2) is 10.2 Å². The Labute approximate surface area is 232 Å². The predicted molar refractivity (Wildman–Crippen MR) is 159 cm³/mol. The fourth-order valence-corrected chi connectivity index (χ4v) is 8.42. The third-order valence-electron chi connectivity index (χ3n) is 9.61. The average Bonchev–Trinajstić information content (AvgIpc) is 3.02. The van der Waals surface area contributed by atoms with Gasteiger partial charge in [0.15, 0.2) is 11.5 Å². The van der Waals surface area contributed by atoms with Crippen molar-refractivity contribution in [1.82, 2.24) is 0 Å². The standard InChI is InChI=1S/C38H24O2/c39-35-21-28-27-15-5-10-20-33(27)37-29-16-6-1-11-23(29)25-13-3-8-18-31(25)38(37,34(28)22-36(35)40)32-19-9-4-14-26(32)24-12-2-7-17-30(24)37/h1-22,39-40H. The van der Waals surface area contributed by atoms with Gasteiger partial charge >= 0.3 is 0 Å². The molecular weight excluding hydrogens is 488 g/mol. The number of phenolic OH excluding ortho intramolecular Hbond substituents is 2. The Morgan fingerprint density at radius 1 is 0.300 bits per heavy atom. The molecule has 0 aliphatic heterocycles. The van der Waals surface area contributed by atoms with E-state index in [4.69, 9.17) is 0 Å². The van der Waals surface area contributed by atoms with E-state index in [9.17, 15) is 10.2 Å². The van der Waals surface area contributed by atoms with Gasteiger partial charge in [-0.3, -0.25) is 0 Å². The Balaban J connectivity index is 1.67. The highest BCUT2D eigenvalue weighted by atomic mass is 16.3. The van der Waals surface area contributed by atoms with E-state index in [1.807, 2.05) is 6.07 Å². The number of phenols is 2. The summed E-state index contributed by atoms with van der Waals surface area (Å²) in [6.45, 7) is 0. The molecule has 0 amide bonds. The van der Waals surface area contributed by atoms with Gasteiger partial charge in [0.1, 0.15) is 0 Å². The maximum absolute atomic E-state index is 11.1. The van der Waals surface area contributed by atoms with E-state index in [0.717, 1.165) is 16.7 Å². The van der Waals surface area contributed by atoms with Gasteiger partial charge in [-0.1, -0.05) is 121 Å². The number of hydrogen-bond donors (Lipinski definition) is 2. The molecule has 0 saturated heterocycles. The molecule has 2 nitrogen and oxygen atoms in total. The van der Waals surface area contributed by atoms with Crippen molar-refractivity contribution in [3.8, 4) is 44.9 Å². The van der Waals surface area contributed by atoms with Gasteiger partial charge in [0.05, 0.1) is 10.8 Å². The second-order valence-electron chi connectivity index (χ2n) is 11.1. The van der Waals surface area contributed by atoms with Crippen molar-refractivity contribution in [3.63, 3.8) is 0 Å². The first kappa shape index (κ1) is 21.8. The van der Waals surface area contributed by atoms with Gasteiger partial charge in [0.25, 0.3) is 0 Å². The van der Waals surface area contributed by atoms with Crippen molar-refractivity contribution < 1.29 is 10.2 Å². The van der Waals surface area contributed by atoms with E-state index in [1.165, 1.54) is 50.1 Å². The summed E-state index contributed by atoms with van der Waals surface area (Å²) in [6, 6.07) is 47.4. The van der Waals surface area contributed by atoms with Crippen LogP contribution in [0, 0.1) is 0 Å². The topological polar surface area (TPSA) is 40.5 Å². The molecule has 9 rings (SSSR count). The lowest BCUT2D eigenvalue weighted by Gasteiger charge is -2.62. The molecule has 2 heteroatoms. The lowest BCUT2D eigenvalue weighted by molar-refractivity contribution is 0.387. The van der Waals surface area contributed by atoms with Crippen LogP contribution in [-0.2, 0) is 10.8 Å². The normalized spacial score (nSPS) is 20.4. The molecule has 0 bridgehead atoms. The van der Waals surface area contributed by atoms with Crippen LogP contribution in [0.3, 0.4) is 0 Å². The predicted octanol–water partition coefficient (Wildman–Crippen LogP) is 8.41. The fraction of sp³-hybridized carbons (Fsp3) is 0.0526. The van der Waals surface area contributed by atoms with Gasteiger partial charge in [-0.2, -0.15) is 0 Å². The zero-order valence-electron chi connectivity index (χ0n) is 21.6. The molecule has 40 heavy (non-hydrogen) atoms. The Morgan fingerprint density at radius 2 is 0.575 bits per heavy atom. The van der Waals surface area contributed by atoms with E-state index in [-0.39, 0.29) is 11.5 Å². The molecule has 0 saturated carbocycles. The van der Waals surface area contributed by atoms with Crippen LogP contribution in [0.5, 0.6) is 11.5 Å². The number of aromatic hydroxyl groups is 2. The molecule has 0 heterocycles. The zero-order valence-corrected chi connectivity index (χ0v) is 21.6. The van der Waals surface area contributed by atoms with Crippen molar-refractivity contribution in [2.45, 2.75) is 10.8 Å². The second kappa shape index (κ2) is 7.31. The summed E-state index contributed by atoms with van der Waals surface area (Å²) in [4.78, 5) is 0. The fourth-order valence-electron chi connectivity index (χ4n) is 8.42. The minimum atomic E-state index is -0.711. The summed E-state index contributed by atoms with van der Waals surface area (Å²) in [7, 11) is 0. The average molecular weight is 513 g/mol. The molecule has 188 valence electrons. The minimum absolute atomic E-state index is 0.103. The van der Waals surface area contributed by atoms with Gasteiger partial charge < -0.3 is 10.2 Å². The van der Waals surface area contributed by atoms with Crippen molar-refractivity contribution >= 4 is 0 Å². The molecule has 0 aromatic heterocycles. The van der Waals surface area contributed by atoms with E-state index >= 15 is 0 Å². The SMILES string of the molecule is Oc1cc2c(cc1O)C13c4ccccc4-c4ccccc4C1(c1ccccc1-c1ccccc13)c1ccccc1-2. The second-order valence-corrected chi connectivity index (χ2v) is 11.1. The Bertz CT molecular complexity index is 1960. The van der Waals surface area contributed by atoms with Gasteiger partial charge in [-0.15, -0.1) is 0 Å². The minimum Gasteiger partial charge on any atom is -0.504 e. The van der Waals surface area contributed by atoms with Gasteiger partial charge in [0.2, 0.25) is 0 Å². The monoisotopic (exact) mass is 512 g/mol. The molecular formula is C38H24O2. The summed E-state index contributed by atoms with van der Waals surface area (Å²) in [5.74, 6) is -0.208. The summed E-state index contributed by atoms with van der Waals surface area (Å²) in [6.07, 6.45) is 0. The molecule has 0 atom stereocenters. The van der Waals surface area contributed by atoms with Crippen LogP contribution in [0.2, 0.25) is 0 Å². The molecule has 6 aromatic carbocycles. The number of fused-ring (bicyclic) bond motifs is 9. The van der Waals surface area contributed by atoms with Crippen LogP contribution in [0.25, 0.3) is 33.4 Å². The summed E-state index contributed by atoms with van der Waals surface area (Å²) in [5, 5.41) is 22.0. The third kappa shape index (κ3) is 2.22. The molecule has 0 radical (unpaired) electrons. The van der Waals surface area contributed by atoms with Crippen LogP contribution in [0.15, 0.2) is 133 Å². The van der Waals surface area contributed by atoms with Crippen LogP contribution in [0.1, 0.15) is 33.4 Å². The number of benzene rings is 6. The van der Waals surface area contributed by atoms with Crippen molar-refractivity contribution in [1.29, 1.82) is 0 Å². The first-order valence-corrected chi connectivity index (χ1v) is 13.7. The lowest BCUT2D eigenvalue weighted by Crippen LogP contribution is -2.58.